The van der Waals surface area contributed by atoms with Crippen LogP contribution in [0.2, 0.25) is 10.0 Å². The molecular formula is C22H29Cl2N5O. The Bertz CT molecular complexity index is 851. The van der Waals surface area contributed by atoms with Crippen molar-refractivity contribution in [1.29, 1.82) is 0 Å². The number of benzene rings is 2. The molecule has 1 unspecified atom stereocenters. The molecule has 0 aliphatic carbocycles. The van der Waals surface area contributed by atoms with E-state index < -0.39 is 0 Å². The smallest absolute Gasteiger partial charge is 0.319 e. The van der Waals surface area contributed by atoms with E-state index in [0.29, 0.717) is 22.3 Å². The van der Waals surface area contributed by atoms with Gasteiger partial charge in [-0.15, -0.1) is 0 Å². The molecule has 8 heteroatoms. The maximum absolute atomic E-state index is 12.5. The van der Waals surface area contributed by atoms with Crippen LogP contribution in [0.5, 0.6) is 0 Å². The predicted octanol–water partition coefficient (Wildman–Crippen LogP) is 4.17. The van der Waals surface area contributed by atoms with Gasteiger partial charge in [0.1, 0.15) is 0 Å². The number of carbonyl (C=O) groups is 1. The first-order valence-corrected chi connectivity index (χ1v) is 10.8. The molecule has 1 heterocycles. The van der Waals surface area contributed by atoms with Gasteiger partial charge in [0.25, 0.3) is 0 Å². The Morgan fingerprint density at radius 2 is 1.70 bits per heavy atom. The summed E-state index contributed by atoms with van der Waals surface area (Å²) in [4.78, 5) is 19.3. The molecule has 1 saturated heterocycles. The minimum absolute atomic E-state index is 0.106. The second kappa shape index (κ2) is 10.4. The number of hydrogen-bond acceptors (Lipinski definition) is 4. The monoisotopic (exact) mass is 449 g/mol. The Kier molecular flexibility index (Phi) is 7.83. The highest BCUT2D eigenvalue weighted by Gasteiger charge is 2.24. The van der Waals surface area contributed by atoms with Gasteiger partial charge >= 0.3 is 6.03 Å². The molecule has 0 radical (unpaired) electrons. The Labute approximate surface area is 188 Å². The van der Waals surface area contributed by atoms with E-state index in [0.717, 1.165) is 31.9 Å². The Morgan fingerprint density at radius 3 is 2.30 bits per heavy atom. The highest BCUT2D eigenvalue weighted by atomic mass is 35.5. The molecule has 2 N–H and O–H groups in total. The van der Waals surface area contributed by atoms with E-state index in [4.69, 9.17) is 23.2 Å². The number of carbonyl (C=O) groups excluding carboxylic acids is 1. The number of amides is 2. The van der Waals surface area contributed by atoms with Gasteiger partial charge in [0.15, 0.2) is 0 Å². The second-order valence-corrected chi connectivity index (χ2v) is 8.62. The minimum Gasteiger partial charge on any atom is -0.378 e. The van der Waals surface area contributed by atoms with Gasteiger partial charge in [-0.25, -0.2) is 4.79 Å². The SMILES string of the molecule is CN1CCN(C(CNC(=O)Nc2ccc(Cl)c(Cl)c2)c2ccc(N(C)C)cc2)CC1. The zero-order chi connectivity index (χ0) is 21.7. The first-order chi connectivity index (χ1) is 14.3. The van der Waals surface area contributed by atoms with Crippen LogP contribution in [0.15, 0.2) is 42.5 Å². The average Bonchev–Trinajstić information content (AvgIpc) is 2.72. The van der Waals surface area contributed by atoms with Crippen LogP contribution in [0.4, 0.5) is 16.2 Å². The summed E-state index contributed by atoms with van der Waals surface area (Å²) < 4.78 is 0. The van der Waals surface area contributed by atoms with E-state index in [9.17, 15) is 4.79 Å². The van der Waals surface area contributed by atoms with Gasteiger partial charge in [-0.1, -0.05) is 35.3 Å². The summed E-state index contributed by atoms with van der Waals surface area (Å²) in [6, 6.07) is 13.4. The summed E-state index contributed by atoms with van der Waals surface area (Å²) in [6.45, 7) is 4.47. The van der Waals surface area contributed by atoms with E-state index in [2.05, 4.69) is 56.6 Å². The third kappa shape index (κ3) is 6.01. The van der Waals surface area contributed by atoms with Crippen molar-refractivity contribution in [3.8, 4) is 0 Å². The van der Waals surface area contributed by atoms with Gasteiger partial charge in [-0.3, -0.25) is 4.90 Å². The zero-order valence-corrected chi connectivity index (χ0v) is 19.2. The number of rotatable bonds is 6. The Balaban J connectivity index is 1.68. The summed E-state index contributed by atoms with van der Waals surface area (Å²) in [5, 5.41) is 6.71. The number of piperazine rings is 1. The number of halogens is 2. The van der Waals surface area contributed by atoms with Crippen molar-refractivity contribution >= 4 is 40.6 Å². The fourth-order valence-corrected chi connectivity index (χ4v) is 3.82. The first kappa shape index (κ1) is 22.7. The van der Waals surface area contributed by atoms with E-state index in [1.165, 1.54) is 5.56 Å². The van der Waals surface area contributed by atoms with E-state index in [-0.39, 0.29) is 12.1 Å². The highest BCUT2D eigenvalue weighted by Crippen LogP contribution is 2.26. The van der Waals surface area contributed by atoms with Crippen LogP contribution in [0.1, 0.15) is 11.6 Å². The molecule has 2 aromatic rings. The molecule has 0 bridgehead atoms. The molecule has 3 rings (SSSR count). The largest absolute Gasteiger partial charge is 0.378 e. The molecule has 0 spiro atoms. The lowest BCUT2D eigenvalue weighted by atomic mass is 10.0. The van der Waals surface area contributed by atoms with Gasteiger partial charge in [0, 0.05) is 58.2 Å². The van der Waals surface area contributed by atoms with Gasteiger partial charge in [-0.05, 0) is 42.9 Å². The summed E-state index contributed by atoms with van der Waals surface area (Å²) in [5.41, 5.74) is 2.95. The number of anilines is 2. The zero-order valence-electron chi connectivity index (χ0n) is 17.7. The van der Waals surface area contributed by atoms with E-state index >= 15 is 0 Å². The third-order valence-corrected chi connectivity index (χ3v) is 6.15. The summed E-state index contributed by atoms with van der Waals surface area (Å²) >= 11 is 12.0. The molecule has 6 nitrogen and oxygen atoms in total. The molecule has 1 fully saturated rings. The molecule has 1 aliphatic rings. The maximum atomic E-state index is 12.5. The number of nitrogens with one attached hydrogen (secondary N) is 2. The number of urea groups is 1. The lowest BCUT2D eigenvalue weighted by molar-refractivity contribution is 0.111. The summed E-state index contributed by atoms with van der Waals surface area (Å²) in [6.07, 6.45) is 0. The van der Waals surface area contributed by atoms with Crippen LogP contribution in [0, 0.1) is 0 Å². The number of hydrogen-bond donors (Lipinski definition) is 2. The Morgan fingerprint density at radius 1 is 1.03 bits per heavy atom. The van der Waals surface area contributed by atoms with Crippen molar-refractivity contribution < 1.29 is 4.79 Å². The van der Waals surface area contributed by atoms with Crippen molar-refractivity contribution in [2.75, 3.05) is 64.1 Å². The Hall–Kier alpha value is -1.99. The van der Waals surface area contributed by atoms with Gasteiger partial charge < -0.3 is 20.4 Å². The van der Waals surface area contributed by atoms with Crippen molar-refractivity contribution in [1.82, 2.24) is 15.1 Å². The molecule has 162 valence electrons. The number of likely N-dealkylation sites (N-methyl/N-ethyl adjacent to an activating group) is 1. The highest BCUT2D eigenvalue weighted by molar-refractivity contribution is 6.42. The van der Waals surface area contributed by atoms with Crippen LogP contribution >= 0.6 is 23.2 Å². The van der Waals surface area contributed by atoms with Crippen LogP contribution in [0.3, 0.4) is 0 Å². The fraction of sp³-hybridized carbons (Fsp3) is 0.409. The van der Waals surface area contributed by atoms with Crippen LogP contribution in [-0.4, -0.2) is 69.7 Å². The van der Waals surface area contributed by atoms with Gasteiger partial charge in [0.05, 0.1) is 16.1 Å². The van der Waals surface area contributed by atoms with Crippen molar-refractivity contribution in [3.05, 3.63) is 58.1 Å². The molecule has 1 atom stereocenters. The molecule has 0 aromatic heterocycles. The first-order valence-electron chi connectivity index (χ1n) is 10.0. The molecule has 1 aliphatic heterocycles. The van der Waals surface area contributed by atoms with E-state index in [1.807, 2.05) is 14.1 Å². The normalized spacial score (nSPS) is 16.2. The van der Waals surface area contributed by atoms with Gasteiger partial charge in [-0.2, -0.15) is 0 Å². The lowest BCUT2D eigenvalue weighted by Crippen LogP contribution is -2.48. The van der Waals surface area contributed by atoms with Crippen LogP contribution in [0.25, 0.3) is 0 Å². The molecule has 2 amide bonds. The standard InChI is InChI=1S/C22H29Cl2N5O/c1-27(2)18-7-4-16(5-8-18)21(29-12-10-28(3)11-13-29)15-25-22(30)26-17-6-9-19(23)20(24)14-17/h4-9,14,21H,10-13,15H2,1-3H3,(H2,25,26,30). The lowest BCUT2D eigenvalue weighted by Gasteiger charge is -2.38. The van der Waals surface area contributed by atoms with Crippen molar-refractivity contribution in [2.45, 2.75) is 6.04 Å². The third-order valence-electron chi connectivity index (χ3n) is 5.41. The van der Waals surface area contributed by atoms with Gasteiger partial charge in [0.2, 0.25) is 0 Å². The van der Waals surface area contributed by atoms with Crippen molar-refractivity contribution in [3.63, 3.8) is 0 Å². The predicted molar refractivity (Wildman–Crippen MR) is 126 cm³/mol. The van der Waals surface area contributed by atoms with Crippen LogP contribution < -0.4 is 15.5 Å². The molecule has 2 aromatic carbocycles. The topological polar surface area (TPSA) is 50.9 Å². The average molecular weight is 450 g/mol. The summed E-state index contributed by atoms with van der Waals surface area (Å²) in [5.74, 6) is 0. The van der Waals surface area contributed by atoms with E-state index in [1.54, 1.807) is 18.2 Å². The molecule has 30 heavy (non-hydrogen) atoms. The quantitative estimate of drug-likeness (QED) is 0.694. The maximum Gasteiger partial charge on any atom is 0.319 e. The summed E-state index contributed by atoms with van der Waals surface area (Å²) in [7, 11) is 6.20. The molecule has 0 saturated carbocycles. The fourth-order valence-electron chi connectivity index (χ4n) is 3.52. The minimum atomic E-state index is -0.266. The second-order valence-electron chi connectivity index (χ2n) is 7.80. The molecular weight excluding hydrogens is 421 g/mol. The van der Waals surface area contributed by atoms with Crippen LogP contribution in [-0.2, 0) is 0 Å². The van der Waals surface area contributed by atoms with Crippen molar-refractivity contribution in [2.24, 2.45) is 0 Å². The number of nitrogens with zero attached hydrogens (tertiary/aromatic N) is 3.